The maximum absolute atomic E-state index is 4.24. The van der Waals surface area contributed by atoms with Crippen molar-refractivity contribution in [2.45, 2.75) is 33.2 Å². The van der Waals surface area contributed by atoms with E-state index in [-0.39, 0.29) is 5.54 Å². The second-order valence-electron chi connectivity index (χ2n) is 5.13. The van der Waals surface area contributed by atoms with Gasteiger partial charge in [-0.1, -0.05) is 18.2 Å². The molecule has 0 aliphatic rings. The van der Waals surface area contributed by atoms with Gasteiger partial charge in [-0.15, -0.1) is 10.2 Å². The smallest absolute Gasteiger partial charge is 0.165 e. The molecule has 0 spiro atoms. The average Bonchev–Trinajstić information content (AvgIpc) is 2.70. The topological polar surface area (TPSA) is 30.7 Å². The van der Waals surface area contributed by atoms with E-state index in [0.29, 0.717) is 0 Å². The van der Waals surface area contributed by atoms with Gasteiger partial charge >= 0.3 is 0 Å². The van der Waals surface area contributed by atoms with Gasteiger partial charge in [0.2, 0.25) is 0 Å². The largest absolute Gasteiger partial charge is 0.308 e. The summed E-state index contributed by atoms with van der Waals surface area (Å²) in [6.07, 6.45) is 1.78. The van der Waals surface area contributed by atoms with Gasteiger partial charge in [0.05, 0.1) is 0 Å². The molecule has 0 atom stereocenters. The number of aromatic nitrogens is 3. The Morgan fingerprint density at radius 1 is 1.24 bits per heavy atom. The van der Waals surface area contributed by atoms with Crippen LogP contribution in [0.5, 0.6) is 0 Å². The summed E-state index contributed by atoms with van der Waals surface area (Å²) in [5.41, 5.74) is 2.26. The molecule has 0 unspecified atom stereocenters. The minimum Gasteiger partial charge on any atom is -0.308 e. The van der Waals surface area contributed by atoms with Crippen LogP contribution in [0.3, 0.4) is 0 Å². The Hall–Kier alpha value is -1.16. The molecular formula is C13H16BrN3. The standard InChI is InChI=1S/C13H16BrN3/c1-9-6-5-7-10(11(9)14)12-16-15-8-17(12)13(2,3)4/h5-8H,1-4H3. The SMILES string of the molecule is Cc1cccc(-c2nncn2C(C)(C)C)c1Br. The third-order valence-corrected chi connectivity index (χ3v) is 3.76. The summed E-state index contributed by atoms with van der Waals surface area (Å²) in [5, 5.41) is 8.27. The van der Waals surface area contributed by atoms with Crippen LogP contribution in [0.25, 0.3) is 11.4 Å². The minimum atomic E-state index is -0.0258. The highest BCUT2D eigenvalue weighted by Crippen LogP contribution is 2.31. The van der Waals surface area contributed by atoms with Crippen LogP contribution in [0, 0.1) is 6.92 Å². The normalized spacial score (nSPS) is 11.8. The van der Waals surface area contributed by atoms with Crippen LogP contribution in [0.4, 0.5) is 0 Å². The fraction of sp³-hybridized carbons (Fsp3) is 0.385. The Bertz CT molecular complexity index is 538. The zero-order valence-electron chi connectivity index (χ0n) is 10.5. The molecule has 0 saturated carbocycles. The van der Waals surface area contributed by atoms with Crippen molar-refractivity contribution in [2.24, 2.45) is 0 Å². The lowest BCUT2D eigenvalue weighted by atomic mass is 10.1. The number of benzene rings is 1. The molecular weight excluding hydrogens is 278 g/mol. The summed E-state index contributed by atoms with van der Waals surface area (Å²) < 4.78 is 3.17. The van der Waals surface area contributed by atoms with Crippen molar-refractivity contribution in [3.63, 3.8) is 0 Å². The molecule has 0 aliphatic heterocycles. The summed E-state index contributed by atoms with van der Waals surface area (Å²) in [6.45, 7) is 8.50. The van der Waals surface area contributed by atoms with Crippen LogP contribution in [0.2, 0.25) is 0 Å². The molecule has 1 heterocycles. The maximum Gasteiger partial charge on any atom is 0.165 e. The van der Waals surface area contributed by atoms with Crippen LogP contribution in [-0.4, -0.2) is 14.8 Å². The summed E-state index contributed by atoms with van der Waals surface area (Å²) in [7, 11) is 0. The second kappa shape index (κ2) is 4.26. The molecule has 3 nitrogen and oxygen atoms in total. The fourth-order valence-corrected chi connectivity index (χ4v) is 2.17. The first kappa shape index (κ1) is 12.3. The van der Waals surface area contributed by atoms with Crippen LogP contribution in [0.15, 0.2) is 29.0 Å². The van der Waals surface area contributed by atoms with Crippen molar-refractivity contribution in [1.29, 1.82) is 0 Å². The fourth-order valence-electron chi connectivity index (χ4n) is 1.73. The third-order valence-electron chi connectivity index (χ3n) is 2.70. The quantitative estimate of drug-likeness (QED) is 0.801. The molecule has 1 aromatic carbocycles. The van der Waals surface area contributed by atoms with Gasteiger partial charge in [0.25, 0.3) is 0 Å². The number of aryl methyl sites for hydroxylation is 1. The van der Waals surface area contributed by atoms with Crippen LogP contribution < -0.4 is 0 Å². The first-order valence-corrected chi connectivity index (χ1v) is 6.36. The Kier molecular flexibility index (Phi) is 3.08. The summed E-state index contributed by atoms with van der Waals surface area (Å²) in [6, 6.07) is 6.17. The molecule has 0 fully saturated rings. The number of hydrogen-bond donors (Lipinski definition) is 0. The Labute approximate surface area is 110 Å². The van der Waals surface area contributed by atoms with Crippen molar-refractivity contribution in [3.8, 4) is 11.4 Å². The van der Waals surface area contributed by atoms with E-state index in [9.17, 15) is 0 Å². The number of nitrogens with zero attached hydrogens (tertiary/aromatic N) is 3. The van der Waals surface area contributed by atoms with Crippen LogP contribution >= 0.6 is 15.9 Å². The highest BCUT2D eigenvalue weighted by Gasteiger charge is 2.20. The first-order chi connectivity index (χ1) is 7.91. The molecule has 0 radical (unpaired) electrons. The zero-order valence-corrected chi connectivity index (χ0v) is 12.1. The van der Waals surface area contributed by atoms with Gasteiger partial charge in [0.1, 0.15) is 6.33 Å². The second-order valence-corrected chi connectivity index (χ2v) is 5.92. The van der Waals surface area contributed by atoms with Gasteiger partial charge in [0.15, 0.2) is 5.82 Å². The molecule has 0 saturated heterocycles. The molecule has 1 aromatic heterocycles. The highest BCUT2D eigenvalue weighted by atomic mass is 79.9. The highest BCUT2D eigenvalue weighted by molar-refractivity contribution is 9.10. The lowest BCUT2D eigenvalue weighted by Crippen LogP contribution is -2.22. The minimum absolute atomic E-state index is 0.0258. The van der Waals surface area contributed by atoms with E-state index in [1.54, 1.807) is 6.33 Å². The first-order valence-electron chi connectivity index (χ1n) is 5.57. The zero-order chi connectivity index (χ0) is 12.6. The Morgan fingerprint density at radius 3 is 2.59 bits per heavy atom. The van der Waals surface area contributed by atoms with Gasteiger partial charge < -0.3 is 4.57 Å². The summed E-state index contributed by atoms with van der Waals surface area (Å²) in [4.78, 5) is 0. The molecule has 2 aromatic rings. The Balaban J connectivity index is 2.62. The van der Waals surface area contributed by atoms with E-state index in [1.165, 1.54) is 5.56 Å². The number of hydrogen-bond acceptors (Lipinski definition) is 2. The number of rotatable bonds is 1. The van der Waals surface area contributed by atoms with E-state index in [4.69, 9.17) is 0 Å². The van der Waals surface area contributed by atoms with Crippen LogP contribution in [0.1, 0.15) is 26.3 Å². The monoisotopic (exact) mass is 293 g/mol. The predicted octanol–water partition coefficient (Wildman–Crippen LogP) is 3.77. The third kappa shape index (κ3) is 2.27. The summed E-state index contributed by atoms with van der Waals surface area (Å²) >= 11 is 3.62. The molecule has 90 valence electrons. The average molecular weight is 294 g/mol. The predicted molar refractivity (Wildman–Crippen MR) is 72.9 cm³/mol. The van der Waals surface area contributed by atoms with E-state index < -0.39 is 0 Å². The molecule has 4 heteroatoms. The maximum atomic E-state index is 4.24. The van der Waals surface area contributed by atoms with Crippen molar-refractivity contribution < 1.29 is 0 Å². The van der Waals surface area contributed by atoms with Gasteiger partial charge in [-0.05, 0) is 49.2 Å². The molecule has 2 rings (SSSR count). The van der Waals surface area contributed by atoms with Gasteiger partial charge in [-0.25, -0.2) is 0 Å². The van der Waals surface area contributed by atoms with Gasteiger partial charge in [-0.2, -0.15) is 0 Å². The number of halogens is 1. The summed E-state index contributed by atoms with van der Waals surface area (Å²) in [5.74, 6) is 0.896. The molecule has 0 amide bonds. The van der Waals surface area contributed by atoms with E-state index in [2.05, 4.69) is 70.5 Å². The van der Waals surface area contributed by atoms with Gasteiger partial charge in [-0.3, -0.25) is 0 Å². The lowest BCUT2D eigenvalue weighted by molar-refractivity contribution is 0.399. The van der Waals surface area contributed by atoms with E-state index in [1.807, 2.05) is 6.07 Å². The van der Waals surface area contributed by atoms with E-state index in [0.717, 1.165) is 15.9 Å². The Morgan fingerprint density at radius 2 is 1.94 bits per heavy atom. The van der Waals surface area contributed by atoms with Crippen molar-refractivity contribution in [2.75, 3.05) is 0 Å². The molecule has 0 N–H and O–H groups in total. The lowest BCUT2D eigenvalue weighted by Gasteiger charge is -2.22. The molecule has 0 aliphatic carbocycles. The van der Waals surface area contributed by atoms with Crippen molar-refractivity contribution in [3.05, 3.63) is 34.6 Å². The molecule has 17 heavy (non-hydrogen) atoms. The molecule has 0 bridgehead atoms. The van der Waals surface area contributed by atoms with Gasteiger partial charge in [0, 0.05) is 15.6 Å². The van der Waals surface area contributed by atoms with Crippen molar-refractivity contribution in [1.82, 2.24) is 14.8 Å². The van der Waals surface area contributed by atoms with Crippen molar-refractivity contribution >= 4 is 15.9 Å². The van der Waals surface area contributed by atoms with Crippen LogP contribution in [-0.2, 0) is 5.54 Å². The van der Waals surface area contributed by atoms with E-state index >= 15 is 0 Å².